The number of nitrogens with zero attached hydrogens (tertiary/aromatic N) is 4. The van der Waals surface area contributed by atoms with Crippen molar-refractivity contribution < 1.29 is 4.52 Å². The summed E-state index contributed by atoms with van der Waals surface area (Å²) >= 11 is 5.88. The molecule has 0 saturated carbocycles. The monoisotopic (exact) mass is 290 g/mol. The minimum atomic E-state index is 0.560. The minimum absolute atomic E-state index is 0.560. The molecule has 1 aromatic carbocycles. The van der Waals surface area contributed by atoms with E-state index in [0.717, 1.165) is 29.8 Å². The highest BCUT2D eigenvalue weighted by Gasteiger charge is 2.12. The first-order valence-electron chi connectivity index (χ1n) is 6.55. The van der Waals surface area contributed by atoms with E-state index in [9.17, 15) is 0 Å². The van der Waals surface area contributed by atoms with E-state index in [4.69, 9.17) is 21.1 Å². The number of para-hydroxylation sites is 1. The molecule has 0 spiro atoms. The van der Waals surface area contributed by atoms with Crippen molar-refractivity contribution >= 4 is 22.6 Å². The van der Waals surface area contributed by atoms with Crippen molar-refractivity contribution in [2.24, 2.45) is 0 Å². The third kappa shape index (κ3) is 2.41. The van der Waals surface area contributed by atoms with Gasteiger partial charge in [-0.25, -0.2) is 4.98 Å². The van der Waals surface area contributed by atoms with Gasteiger partial charge in [-0.05, 0) is 18.6 Å². The van der Waals surface area contributed by atoms with Crippen LogP contribution in [0.3, 0.4) is 0 Å². The van der Waals surface area contributed by atoms with Gasteiger partial charge in [0.1, 0.15) is 5.82 Å². The Morgan fingerprint density at radius 2 is 2.20 bits per heavy atom. The second-order valence-corrected chi connectivity index (χ2v) is 5.04. The van der Waals surface area contributed by atoms with Gasteiger partial charge in [-0.2, -0.15) is 4.98 Å². The number of fused-ring (bicyclic) bond motifs is 1. The van der Waals surface area contributed by atoms with Gasteiger partial charge in [0.25, 0.3) is 0 Å². The Morgan fingerprint density at radius 1 is 1.30 bits per heavy atom. The van der Waals surface area contributed by atoms with Crippen molar-refractivity contribution in [3.05, 3.63) is 41.8 Å². The zero-order chi connectivity index (χ0) is 13.9. The molecule has 0 amide bonds. The van der Waals surface area contributed by atoms with Crippen LogP contribution in [0.25, 0.3) is 11.0 Å². The van der Waals surface area contributed by atoms with Crippen molar-refractivity contribution in [3.63, 3.8) is 0 Å². The largest absolute Gasteiger partial charge is 0.343 e. The lowest BCUT2D eigenvalue weighted by atomic mass is 10.2. The molecule has 2 aromatic heterocycles. The van der Waals surface area contributed by atoms with Crippen molar-refractivity contribution in [1.29, 1.82) is 0 Å². The molecule has 0 bridgehead atoms. The Morgan fingerprint density at radius 3 is 2.95 bits per heavy atom. The van der Waals surface area contributed by atoms with Gasteiger partial charge in [0, 0.05) is 25.3 Å². The minimum Gasteiger partial charge on any atom is -0.343 e. The number of benzene rings is 1. The SMILES string of the molecule is Cc1cccc2c1nc(CCCl)n2CCc1ncon1. The molecule has 0 atom stereocenters. The summed E-state index contributed by atoms with van der Waals surface area (Å²) in [4.78, 5) is 8.77. The van der Waals surface area contributed by atoms with Crippen LogP contribution in [0.15, 0.2) is 29.1 Å². The molecule has 3 rings (SSSR count). The van der Waals surface area contributed by atoms with E-state index in [0.29, 0.717) is 18.1 Å². The molecule has 0 fully saturated rings. The molecular formula is C14H15ClN4O. The first-order chi connectivity index (χ1) is 9.79. The van der Waals surface area contributed by atoms with E-state index >= 15 is 0 Å². The van der Waals surface area contributed by atoms with Crippen molar-refractivity contribution in [2.75, 3.05) is 5.88 Å². The van der Waals surface area contributed by atoms with Crippen molar-refractivity contribution in [3.8, 4) is 0 Å². The van der Waals surface area contributed by atoms with Crippen LogP contribution in [0.2, 0.25) is 0 Å². The molecule has 6 heteroatoms. The highest BCUT2D eigenvalue weighted by Crippen LogP contribution is 2.20. The van der Waals surface area contributed by atoms with Gasteiger partial charge in [0.2, 0.25) is 6.39 Å². The molecule has 0 saturated heterocycles. The van der Waals surface area contributed by atoms with Crippen LogP contribution in [0.1, 0.15) is 17.2 Å². The molecule has 0 aliphatic rings. The summed E-state index contributed by atoms with van der Waals surface area (Å²) in [5.41, 5.74) is 3.35. The number of imidazole rings is 1. The predicted octanol–water partition coefficient (Wildman–Crippen LogP) is 2.75. The smallest absolute Gasteiger partial charge is 0.213 e. The van der Waals surface area contributed by atoms with E-state index in [1.54, 1.807) is 0 Å². The van der Waals surface area contributed by atoms with Gasteiger partial charge >= 0.3 is 0 Å². The fourth-order valence-electron chi connectivity index (χ4n) is 2.37. The zero-order valence-corrected chi connectivity index (χ0v) is 12.0. The first kappa shape index (κ1) is 13.1. The van der Waals surface area contributed by atoms with E-state index in [2.05, 4.69) is 39.8 Å². The summed E-state index contributed by atoms with van der Waals surface area (Å²) in [6.45, 7) is 2.84. The van der Waals surface area contributed by atoms with Crippen LogP contribution in [-0.2, 0) is 19.4 Å². The Hall–Kier alpha value is -1.88. The Labute approximate surface area is 121 Å². The van der Waals surface area contributed by atoms with Crippen LogP contribution in [-0.4, -0.2) is 25.6 Å². The maximum Gasteiger partial charge on any atom is 0.213 e. The summed E-state index contributed by atoms with van der Waals surface area (Å²) in [7, 11) is 0. The van der Waals surface area contributed by atoms with E-state index in [1.165, 1.54) is 12.0 Å². The Kier molecular flexibility index (Phi) is 3.69. The molecule has 2 heterocycles. The Balaban J connectivity index is 1.98. The number of aromatic nitrogens is 4. The van der Waals surface area contributed by atoms with Gasteiger partial charge in [0.05, 0.1) is 11.0 Å². The number of rotatable bonds is 5. The molecular weight excluding hydrogens is 276 g/mol. The molecule has 0 aliphatic heterocycles. The molecule has 0 N–H and O–H groups in total. The van der Waals surface area contributed by atoms with Crippen molar-refractivity contribution in [2.45, 2.75) is 26.3 Å². The number of alkyl halides is 1. The van der Waals surface area contributed by atoms with Gasteiger partial charge in [-0.1, -0.05) is 17.3 Å². The van der Waals surface area contributed by atoms with Gasteiger partial charge in [-0.15, -0.1) is 11.6 Å². The highest BCUT2D eigenvalue weighted by atomic mass is 35.5. The molecule has 0 unspecified atom stereocenters. The molecule has 20 heavy (non-hydrogen) atoms. The number of aryl methyl sites for hydroxylation is 4. The number of hydrogen-bond acceptors (Lipinski definition) is 4. The van der Waals surface area contributed by atoms with Crippen LogP contribution in [0.5, 0.6) is 0 Å². The van der Waals surface area contributed by atoms with E-state index in [-0.39, 0.29) is 0 Å². The van der Waals surface area contributed by atoms with Gasteiger partial charge in [-0.3, -0.25) is 0 Å². The first-order valence-corrected chi connectivity index (χ1v) is 7.09. The summed E-state index contributed by atoms with van der Waals surface area (Å²) in [6.07, 6.45) is 2.82. The molecule has 104 valence electrons. The molecule has 0 aliphatic carbocycles. The van der Waals surface area contributed by atoms with Gasteiger partial charge < -0.3 is 9.09 Å². The topological polar surface area (TPSA) is 56.7 Å². The maximum atomic E-state index is 5.88. The van der Waals surface area contributed by atoms with Crippen molar-refractivity contribution in [1.82, 2.24) is 19.7 Å². The second kappa shape index (κ2) is 5.63. The van der Waals surface area contributed by atoms with Crippen LogP contribution in [0.4, 0.5) is 0 Å². The molecule has 5 nitrogen and oxygen atoms in total. The van der Waals surface area contributed by atoms with E-state index < -0.39 is 0 Å². The lowest BCUT2D eigenvalue weighted by molar-refractivity contribution is 0.408. The summed E-state index contributed by atoms with van der Waals surface area (Å²) < 4.78 is 6.96. The summed E-state index contributed by atoms with van der Waals surface area (Å²) in [6, 6.07) is 6.21. The fourth-order valence-corrected chi connectivity index (χ4v) is 2.54. The zero-order valence-electron chi connectivity index (χ0n) is 11.2. The second-order valence-electron chi connectivity index (χ2n) is 4.66. The normalized spacial score (nSPS) is 11.3. The average Bonchev–Trinajstić information content (AvgIpc) is 3.05. The standard InChI is InChI=1S/C14H15ClN4O/c1-10-3-2-4-11-14(10)17-13(5-7-15)19(11)8-6-12-16-9-20-18-12/h2-4,9H,5-8H2,1H3. The number of halogens is 1. The maximum absolute atomic E-state index is 5.88. The predicted molar refractivity (Wildman–Crippen MR) is 76.9 cm³/mol. The quantitative estimate of drug-likeness (QED) is 0.678. The highest BCUT2D eigenvalue weighted by molar-refractivity contribution is 6.17. The third-order valence-corrected chi connectivity index (χ3v) is 3.53. The summed E-state index contributed by atoms with van der Waals surface area (Å²) in [5.74, 6) is 2.27. The lowest BCUT2D eigenvalue weighted by Crippen LogP contribution is -2.07. The third-order valence-electron chi connectivity index (χ3n) is 3.34. The van der Waals surface area contributed by atoms with Gasteiger partial charge in [0.15, 0.2) is 5.82 Å². The summed E-state index contributed by atoms with van der Waals surface area (Å²) in [5, 5.41) is 3.84. The van der Waals surface area contributed by atoms with Crippen LogP contribution >= 0.6 is 11.6 Å². The Bertz CT molecular complexity index is 705. The fraction of sp³-hybridized carbons (Fsp3) is 0.357. The number of hydrogen-bond donors (Lipinski definition) is 0. The van der Waals surface area contributed by atoms with Crippen LogP contribution < -0.4 is 0 Å². The molecule has 3 aromatic rings. The molecule has 0 radical (unpaired) electrons. The van der Waals surface area contributed by atoms with E-state index in [1.807, 2.05) is 0 Å². The average molecular weight is 291 g/mol. The van der Waals surface area contributed by atoms with Crippen LogP contribution in [0, 0.1) is 6.92 Å². The lowest BCUT2D eigenvalue weighted by Gasteiger charge is -2.06.